The lowest BCUT2D eigenvalue weighted by Crippen LogP contribution is -1.68. The van der Waals surface area contributed by atoms with E-state index in [2.05, 4.69) is 0 Å². The van der Waals surface area contributed by atoms with Crippen molar-refractivity contribution in [1.82, 2.24) is 0 Å². The lowest BCUT2D eigenvalue weighted by atomic mass is 10.2. The molecule has 0 heterocycles. The first-order chi connectivity index (χ1) is 5.22. The molecule has 0 spiro atoms. The van der Waals surface area contributed by atoms with E-state index in [0.29, 0.717) is 11.8 Å². The number of carbonyl (C=O) groups excluding carboxylic acids is 1. The molecular formula is C8H11O2P. The smallest absolute Gasteiger partial charge is 0.135 e. The molecule has 0 fully saturated rings. The Bertz CT molecular complexity index is 202. The molecule has 0 saturated heterocycles. The number of phenols is 1. The summed E-state index contributed by atoms with van der Waals surface area (Å²) in [5, 5.41) is 8.92. The highest BCUT2D eigenvalue weighted by Crippen LogP contribution is 2.12. The van der Waals surface area contributed by atoms with Crippen molar-refractivity contribution in [2.24, 2.45) is 0 Å². The van der Waals surface area contributed by atoms with Gasteiger partial charge >= 0.3 is 0 Å². The molecule has 0 aliphatic heterocycles. The van der Waals surface area contributed by atoms with E-state index < -0.39 is 0 Å². The number of phenolic OH excluding ortho intramolecular Hbond substituents is 1. The maximum Gasteiger partial charge on any atom is 0.135 e. The van der Waals surface area contributed by atoms with Crippen LogP contribution in [0.5, 0.6) is 5.75 Å². The summed E-state index contributed by atoms with van der Waals surface area (Å²) in [6.07, 6.45) is 0. The molecule has 0 aromatic heterocycles. The minimum atomic E-state index is 0.368. The van der Waals surface area contributed by atoms with Gasteiger partial charge in [-0.3, -0.25) is 4.79 Å². The highest BCUT2D eigenvalue weighted by atomic mass is 31.0. The van der Waals surface area contributed by atoms with Gasteiger partial charge in [0.25, 0.3) is 0 Å². The number of rotatable bonds is 0. The van der Waals surface area contributed by atoms with Crippen molar-refractivity contribution in [2.75, 3.05) is 0 Å². The van der Waals surface area contributed by atoms with Crippen molar-refractivity contribution < 1.29 is 9.90 Å². The summed E-state index contributed by atoms with van der Waals surface area (Å²) in [4.78, 5) is 8.77. The van der Waals surface area contributed by atoms with Gasteiger partial charge in [0, 0.05) is 0 Å². The van der Waals surface area contributed by atoms with Crippen LogP contribution in [-0.4, -0.2) is 11.1 Å². The maximum atomic E-state index is 8.92. The Morgan fingerprint density at radius 1 is 1.45 bits per heavy atom. The number of aromatic hydroxyl groups is 1. The molecule has 0 aliphatic carbocycles. The summed E-state index contributed by atoms with van der Waals surface area (Å²) in [5.41, 5.74) is 0.924. The third kappa shape index (κ3) is 4.51. The molecule has 0 amide bonds. The van der Waals surface area contributed by atoms with Gasteiger partial charge < -0.3 is 5.11 Å². The van der Waals surface area contributed by atoms with Crippen molar-refractivity contribution in [3.63, 3.8) is 0 Å². The number of para-hydroxylation sites is 1. The van der Waals surface area contributed by atoms with Crippen LogP contribution in [0.4, 0.5) is 0 Å². The quantitative estimate of drug-likeness (QED) is 0.475. The molecule has 0 radical (unpaired) electrons. The zero-order valence-corrected chi connectivity index (χ0v) is 7.47. The molecular weight excluding hydrogens is 159 g/mol. The van der Waals surface area contributed by atoms with Crippen LogP contribution in [0.1, 0.15) is 5.56 Å². The predicted molar refractivity (Wildman–Crippen MR) is 49.3 cm³/mol. The van der Waals surface area contributed by atoms with Crippen molar-refractivity contribution in [3.8, 4) is 5.75 Å². The highest BCUT2D eigenvalue weighted by molar-refractivity contribution is 7.36. The van der Waals surface area contributed by atoms with Gasteiger partial charge in [-0.25, -0.2) is 0 Å². The Balaban J connectivity index is 0.000000292. The fraction of sp³-hybridized carbons (Fsp3) is 0.125. The zero-order chi connectivity index (χ0) is 8.69. The second-order valence-electron chi connectivity index (χ2n) is 1.92. The van der Waals surface area contributed by atoms with Crippen LogP contribution in [0.15, 0.2) is 24.3 Å². The molecule has 60 valence electrons. The molecule has 1 unspecified atom stereocenters. The third-order valence-corrected chi connectivity index (χ3v) is 1.12. The first-order valence-corrected chi connectivity index (χ1v) is 3.79. The SMILES string of the molecule is Cc1ccccc1O.O=CP. The number of carbonyl (C=O) groups is 1. The van der Waals surface area contributed by atoms with Gasteiger partial charge in [0.05, 0.1) is 0 Å². The zero-order valence-electron chi connectivity index (χ0n) is 6.32. The molecule has 2 nitrogen and oxygen atoms in total. The van der Waals surface area contributed by atoms with E-state index in [9.17, 15) is 0 Å². The van der Waals surface area contributed by atoms with Crippen LogP contribution < -0.4 is 0 Å². The molecule has 11 heavy (non-hydrogen) atoms. The Kier molecular flexibility index (Phi) is 5.40. The number of hydrogen-bond acceptors (Lipinski definition) is 2. The molecule has 1 aromatic carbocycles. The van der Waals surface area contributed by atoms with E-state index in [-0.39, 0.29) is 0 Å². The maximum absolute atomic E-state index is 8.92. The van der Waals surface area contributed by atoms with Gasteiger partial charge in [-0.05, 0) is 18.6 Å². The van der Waals surface area contributed by atoms with Gasteiger partial charge in [-0.2, -0.15) is 0 Å². The predicted octanol–water partition coefficient (Wildman–Crippen LogP) is 1.75. The molecule has 3 heteroatoms. The second kappa shape index (κ2) is 5.87. The summed E-state index contributed by atoms with van der Waals surface area (Å²) in [7, 11) is 1.90. The molecule has 1 atom stereocenters. The fourth-order valence-corrected chi connectivity index (χ4v) is 0.563. The molecule has 1 N–H and O–H groups in total. The van der Waals surface area contributed by atoms with E-state index in [1.807, 2.05) is 34.4 Å². The van der Waals surface area contributed by atoms with E-state index in [4.69, 9.17) is 9.90 Å². The van der Waals surface area contributed by atoms with E-state index >= 15 is 0 Å². The molecule has 0 saturated carbocycles. The van der Waals surface area contributed by atoms with Crippen molar-refractivity contribution in [1.29, 1.82) is 0 Å². The Morgan fingerprint density at radius 2 is 1.91 bits per heavy atom. The van der Waals surface area contributed by atoms with Gasteiger partial charge in [-0.15, -0.1) is 0 Å². The first-order valence-electron chi connectivity index (χ1n) is 3.12. The summed E-state index contributed by atoms with van der Waals surface area (Å²) in [6.45, 7) is 1.87. The van der Waals surface area contributed by atoms with Gasteiger partial charge in [0.15, 0.2) is 0 Å². The van der Waals surface area contributed by atoms with Crippen LogP contribution in [0.2, 0.25) is 0 Å². The largest absolute Gasteiger partial charge is 0.508 e. The number of hydrogen-bond donors (Lipinski definition) is 1. The Morgan fingerprint density at radius 3 is 2.18 bits per heavy atom. The topological polar surface area (TPSA) is 37.3 Å². The molecule has 1 rings (SSSR count). The van der Waals surface area contributed by atoms with Crippen molar-refractivity contribution >= 4 is 15.3 Å². The van der Waals surface area contributed by atoms with Crippen LogP contribution >= 0.6 is 9.24 Å². The normalized spacial score (nSPS) is 7.82. The summed E-state index contributed by atoms with van der Waals surface area (Å²) in [5.74, 6) is 0.368. The van der Waals surface area contributed by atoms with Crippen LogP contribution in [0.25, 0.3) is 0 Å². The number of aryl methyl sites for hydroxylation is 1. The fourth-order valence-electron chi connectivity index (χ4n) is 0.563. The monoisotopic (exact) mass is 170 g/mol. The van der Waals surface area contributed by atoms with Crippen LogP contribution in [0.3, 0.4) is 0 Å². The van der Waals surface area contributed by atoms with E-state index in [0.717, 1.165) is 5.56 Å². The average Bonchev–Trinajstić information content (AvgIpc) is 1.97. The van der Waals surface area contributed by atoms with Gasteiger partial charge in [-0.1, -0.05) is 27.4 Å². The summed E-state index contributed by atoms with van der Waals surface area (Å²) < 4.78 is 0. The van der Waals surface area contributed by atoms with E-state index in [1.54, 1.807) is 6.07 Å². The molecule has 0 aliphatic rings. The number of benzene rings is 1. The molecule has 0 bridgehead atoms. The Labute approximate surface area is 68.5 Å². The highest BCUT2D eigenvalue weighted by Gasteiger charge is 1.86. The lowest BCUT2D eigenvalue weighted by molar-refractivity contribution is 0.471. The third-order valence-electron chi connectivity index (χ3n) is 1.12. The second-order valence-corrected chi connectivity index (χ2v) is 2.19. The van der Waals surface area contributed by atoms with Gasteiger partial charge in [0.2, 0.25) is 0 Å². The summed E-state index contributed by atoms with van der Waals surface area (Å²) >= 11 is 0. The standard InChI is InChI=1S/C7H8O.CH3OP/c1-6-4-2-3-5-7(6)8;2-1-3/h2-5,8H,1H3;1H,3H2. The van der Waals surface area contributed by atoms with Crippen molar-refractivity contribution in [2.45, 2.75) is 6.92 Å². The van der Waals surface area contributed by atoms with Crippen LogP contribution in [0, 0.1) is 6.92 Å². The average molecular weight is 170 g/mol. The minimum absolute atomic E-state index is 0.368. The Hall–Kier alpha value is -0.880. The molecule has 1 aromatic rings. The first kappa shape index (κ1) is 10.1. The lowest BCUT2D eigenvalue weighted by Gasteiger charge is -1.92. The van der Waals surface area contributed by atoms with Crippen LogP contribution in [-0.2, 0) is 4.79 Å². The minimum Gasteiger partial charge on any atom is -0.508 e. The summed E-state index contributed by atoms with van der Waals surface area (Å²) in [6, 6.07) is 7.92. The van der Waals surface area contributed by atoms with Gasteiger partial charge in [0.1, 0.15) is 11.8 Å². The van der Waals surface area contributed by atoms with Crippen molar-refractivity contribution in [3.05, 3.63) is 29.8 Å². The van der Waals surface area contributed by atoms with E-state index in [1.165, 1.54) is 0 Å².